The summed E-state index contributed by atoms with van der Waals surface area (Å²) in [6, 6.07) is 0.758. The van der Waals surface area contributed by atoms with Gasteiger partial charge < -0.3 is 10.8 Å². The third kappa shape index (κ3) is 1.66. The Morgan fingerprint density at radius 2 is 1.88 bits per heavy atom. The second kappa shape index (κ2) is 3.86. The van der Waals surface area contributed by atoms with Gasteiger partial charge in [0, 0.05) is 5.54 Å². The van der Waals surface area contributed by atoms with Crippen LogP contribution < -0.4 is 5.73 Å². The van der Waals surface area contributed by atoms with Crippen molar-refractivity contribution in [2.24, 2.45) is 5.73 Å². The van der Waals surface area contributed by atoms with Gasteiger partial charge in [-0.05, 0) is 18.9 Å². The molecule has 1 fully saturated rings. The molecule has 1 aliphatic rings. The number of rotatable bonds is 1. The molecule has 0 aromatic heterocycles. The first-order valence-electron chi connectivity index (χ1n) is 5.11. The van der Waals surface area contributed by atoms with Crippen molar-refractivity contribution in [1.82, 2.24) is 0 Å². The van der Waals surface area contributed by atoms with Crippen molar-refractivity contribution in [3.05, 3.63) is 28.3 Å². The number of benzene rings is 1. The summed E-state index contributed by atoms with van der Waals surface area (Å²) in [5.74, 6) is -2.46. The first kappa shape index (κ1) is 11.6. The number of aromatic hydroxyl groups is 1. The van der Waals surface area contributed by atoms with E-state index in [2.05, 4.69) is 0 Å². The van der Waals surface area contributed by atoms with E-state index in [1.807, 2.05) is 0 Å². The number of halogens is 3. The summed E-state index contributed by atoms with van der Waals surface area (Å²) >= 11 is 5.55. The van der Waals surface area contributed by atoms with Gasteiger partial charge in [0.2, 0.25) is 0 Å². The van der Waals surface area contributed by atoms with Crippen LogP contribution in [0.15, 0.2) is 6.07 Å². The minimum atomic E-state index is -1.00. The lowest BCUT2D eigenvalue weighted by molar-refractivity contribution is 0.368. The van der Waals surface area contributed by atoms with E-state index < -0.39 is 22.9 Å². The lowest BCUT2D eigenvalue weighted by atomic mass is 9.88. The molecule has 1 aliphatic carbocycles. The van der Waals surface area contributed by atoms with Crippen molar-refractivity contribution in [2.45, 2.75) is 31.2 Å². The molecule has 1 saturated carbocycles. The largest absolute Gasteiger partial charge is 0.505 e. The van der Waals surface area contributed by atoms with Crippen LogP contribution >= 0.6 is 11.6 Å². The van der Waals surface area contributed by atoms with Gasteiger partial charge in [-0.1, -0.05) is 24.4 Å². The summed E-state index contributed by atoms with van der Waals surface area (Å²) in [6.45, 7) is 0. The third-order valence-electron chi connectivity index (χ3n) is 3.14. The van der Waals surface area contributed by atoms with E-state index in [0.717, 1.165) is 18.9 Å². The molecule has 1 aromatic rings. The smallest absolute Gasteiger partial charge is 0.166 e. The summed E-state index contributed by atoms with van der Waals surface area (Å²) in [7, 11) is 0. The van der Waals surface area contributed by atoms with Gasteiger partial charge in [0.05, 0.1) is 10.6 Å². The lowest BCUT2D eigenvalue weighted by Crippen LogP contribution is -2.34. The van der Waals surface area contributed by atoms with Crippen LogP contribution in [0.4, 0.5) is 8.78 Å². The van der Waals surface area contributed by atoms with Crippen molar-refractivity contribution < 1.29 is 13.9 Å². The molecule has 0 heterocycles. The molecule has 16 heavy (non-hydrogen) atoms. The summed E-state index contributed by atoms with van der Waals surface area (Å²) < 4.78 is 27.1. The van der Waals surface area contributed by atoms with E-state index in [1.165, 1.54) is 0 Å². The molecule has 0 amide bonds. The van der Waals surface area contributed by atoms with Gasteiger partial charge in [-0.25, -0.2) is 8.78 Å². The number of nitrogens with two attached hydrogens (primary N) is 1. The fourth-order valence-electron chi connectivity index (χ4n) is 2.30. The van der Waals surface area contributed by atoms with Gasteiger partial charge in [-0.3, -0.25) is 0 Å². The molecule has 0 spiro atoms. The minimum absolute atomic E-state index is 0.185. The van der Waals surface area contributed by atoms with Crippen molar-refractivity contribution in [1.29, 1.82) is 0 Å². The first-order chi connectivity index (χ1) is 7.46. The molecular formula is C11H12ClF2NO. The van der Waals surface area contributed by atoms with Crippen molar-refractivity contribution in [2.75, 3.05) is 0 Å². The summed E-state index contributed by atoms with van der Waals surface area (Å²) in [5, 5.41) is 9.23. The molecule has 0 aliphatic heterocycles. The van der Waals surface area contributed by atoms with Crippen molar-refractivity contribution in [3.63, 3.8) is 0 Å². The number of hydrogen-bond acceptors (Lipinski definition) is 2. The van der Waals surface area contributed by atoms with E-state index in [0.29, 0.717) is 12.8 Å². The van der Waals surface area contributed by atoms with Crippen LogP contribution in [-0.4, -0.2) is 5.11 Å². The number of phenols is 1. The highest BCUT2D eigenvalue weighted by Crippen LogP contribution is 2.44. The maximum atomic E-state index is 13.8. The Balaban J connectivity index is 2.63. The fourth-order valence-corrected chi connectivity index (χ4v) is 2.49. The van der Waals surface area contributed by atoms with Gasteiger partial charge >= 0.3 is 0 Å². The van der Waals surface area contributed by atoms with E-state index in [4.69, 9.17) is 17.3 Å². The van der Waals surface area contributed by atoms with E-state index in [9.17, 15) is 13.9 Å². The van der Waals surface area contributed by atoms with Crippen LogP contribution in [0, 0.1) is 11.6 Å². The average molecular weight is 248 g/mol. The fraction of sp³-hybridized carbons (Fsp3) is 0.455. The van der Waals surface area contributed by atoms with E-state index >= 15 is 0 Å². The normalized spacial score (nSPS) is 19.0. The maximum Gasteiger partial charge on any atom is 0.166 e. The standard InChI is InChI=1S/C11H12ClF2NO/c12-6-5-7(13)10(16)8(9(6)14)11(15)3-1-2-4-11/h5,16H,1-4,15H2. The molecule has 1 aromatic carbocycles. The zero-order valence-corrected chi connectivity index (χ0v) is 9.32. The number of phenolic OH excluding ortho intramolecular Hbond substituents is 1. The first-order valence-corrected chi connectivity index (χ1v) is 5.49. The molecular weight excluding hydrogens is 236 g/mol. The lowest BCUT2D eigenvalue weighted by Gasteiger charge is -2.26. The molecule has 5 heteroatoms. The predicted octanol–water partition coefficient (Wildman–Crippen LogP) is 3.05. The highest BCUT2D eigenvalue weighted by Gasteiger charge is 2.38. The summed E-state index contributed by atoms with van der Waals surface area (Å²) in [6.07, 6.45) is 2.72. The molecule has 0 unspecified atom stereocenters. The SMILES string of the molecule is NC1(c2c(O)c(F)cc(Cl)c2F)CCCC1. The van der Waals surface area contributed by atoms with E-state index in [-0.39, 0.29) is 10.6 Å². The Labute approximate surface area is 97.0 Å². The van der Waals surface area contributed by atoms with Gasteiger partial charge in [0.25, 0.3) is 0 Å². The molecule has 0 saturated heterocycles. The van der Waals surface area contributed by atoms with Crippen molar-refractivity contribution in [3.8, 4) is 5.75 Å². The Morgan fingerprint density at radius 3 is 2.44 bits per heavy atom. The second-order valence-corrected chi connectivity index (χ2v) is 4.65. The zero-order valence-electron chi connectivity index (χ0n) is 8.56. The third-order valence-corrected chi connectivity index (χ3v) is 3.41. The minimum Gasteiger partial charge on any atom is -0.505 e. The highest BCUT2D eigenvalue weighted by atomic mass is 35.5. The summed E-state index contributed by atoms with van der Waals surface area (Å²) in [5.41, 5.74) is 4.81. The van der Waals surface area contributed by atoms with Gasteiger partial charge in [-0.2, -0.15) is 0 Å². The molecule has 0 radical (unpaired) electrons. The average Bonchev–Trinajstić information content (AvgIpc) is 2.63. The topological polar surface area (TPSA) is 46.2 Å². The molecule has 2 nitrogen and oxygen atoms in total. The summed E-state index contributed by atoms with van der Waals surface area (Å²) in [4.78, 5) is 0. The molecule has 0 atom stereocenters. The molecule has 88 valence electrons. The Hall–Kier alpha value is -0.870. The highest BCUT2D eigenvalue weighted by molar-refractivity contribution is 6.30. The van der Waals surface area contributed by atoms with Gasteiger partial charge in [-0.15, -0.1) is 0 Å². The van der Waals surface area contributed by atoms with Crippen LogP contribution in [0.5, 0.6) is 5.75 Å². The quantitative estimate of drug-likeness (QED) is 0.750. The van der Waals surface area contributed by atoms with Crippen molar-refractivity contribution >= 4 is 11.6 Å². The second-order valence-electron chi connectivity index (χ2n) is 4.24. The maximum absolute atomic E-state index is 13.8. The van der Waals surface area contributed by atoms with Crippen LogP contribution in [0.1, 0.15) is 31.2 Å². The van der Waals surface area contributed by atoms with Crippen LogP contribution in [0.3, 0.4) is 0 Å². The van der Waals surface area contributed by atoms with Gasteiger partial charge in [0.1, 0.15) is 0 Å². The Bertz CT molecular complexity index is 404. The van der Waals surface area contributed by atoms with Gasteiger partial charge in [0.15, 0.2) is 17.4 Å². The Kier molecular flexibility index (Phi) is 2.80. The van der Waals surface area contributed by atoms with Crippen LogP contribution in [0.25, 0.3) is 0 Å². The zero-order chi connectivity index (χ0) is 11.9. The number of hydrogen-bond donors (Lipinski definition) is 2. The van der Waals surface area contributed by atoms with Crippen LogP contribution in [-0.2, 0) is 5.54 Å². The molecule has 0 bridgehead atoms. The molecule has 3 N–H and O–H groups in total. The predicted molar refractivity (Wildman–Crippen MR) is 57.4 cm³/mol. The monoisotopic (exact) mass is 247 g/mol. The van der Waals surface area contributed by atoms with E-state index in [1.54, 1.807) is 0 Å². The Morgan fingerprint density at radius 1 is 1.31 bits per heavy atom. The van der Waals surface area contributed by atoms with Crippen LogP contribution in [0.2, 0.25) is 5.02 Å². The molecule has 2 rings (SSSR count).